The number of amides is 2. The van der Waals surface area contributed by atoms with Gasteiger partial charge in [-0.3, -0.25) is 14.6 Å². The van der Waals surface area contributed by atoms with Gasteiger partial charge in [-0.15, -0.1) is 0 Å². The van der Waals surface area contributed by atoms with Gasteiger partial charge >= 0.3 is 0 Å². The van der Waals surface area contributed by atoms with Crippen LogP contribution >= 0.6 is 0 Å². The Kier molecular flexibility index (Phi) is 7.14. The monoisotopic (exact) mass is 355 g/mol. The summed E-state index contributed by atoms with van der Waals surface area (Å²) in [5, 5.41) is 2.77. The van der Waals surface area contributed by atoms with Crippen LogP contribution in [0, 0.1) is 0 Å². The first-order valence-corrected chi connectivity index (χ1v) is 8.79. The molecule has 6 heteroatoms. The molecule has 0 fully saturated rings. The predicted molar refractivity (Wildman–Crippen MR) is 102 cm³/mol. The van der Waals surface area contributed by atoms with Gasteiger partial charge in [-0.1, -0.05) is 13.8 Å². The van der Waals surface area contributed by atoms with Crippen molar-refractivity contribution in [1.82, 2.24) is 9.88 Å². The largest absolute Gasteiger partial charge is 0.497 e. The summed E-state index contributed by atoms with van der Waals surface area (Å²) >= 11 is 0. The van der Waals surface area contributed by atoms with Crippen LogP contribution in [-0.2, 0) is 0 Å². The lowest BCUT2D eigenvalue weighted by atomic mass is 10.1. The number of hydrogen-bond donors (Lipinski definition) is 1. The molecule has 0 saturated carbocycles. The Hall–Kier alpha value is -2.89. The fourth-order valence-corrected chi connectivity index (χ4v) is 2.59. The third-order valence-corrected chi connectivity index (χ3v) is 3.86. The van der Waals surface area contributed by atoms with Crippen molar-refractivity contribution < 1.29 is 14.3 Å². The molecule has 0 unspecified atom stereocenters. The first kappa shape index (κ1) is 19.4. The Labute approximate surface area is 154 Å². The van der Waals surface area contributed by atoms with E-state index in [-0.39, 0.29) is 17.5 Å². The van der Waals surface area contributed by atoms with E-state index in [0.29, 0.717) is 30.1 Å². The standard InChI is InChI=1S/C20H25N3O3/c1-4-12-23(13-5-2)20(25)15-10-11-21-18(14-15)19(24)22-16-6-8-17(26-3)9-7-16/h6-11,14H,4-5,12-13H2,1-3H3,(H,22,24). The topological polar surface area (TPSA) is 71.5 Å². The molecular weight excluding hydrogens is 330 g/mol. The molecule has 138 valence electrons. The average Bonchev–Trinajstić information content (AvgIpc) is 2.68. The molecule has 0 atom stereocenters. The second kappa shape index (κ2) is 9.56. The summed E-state index contributed by atoms with van der Waals surface area (Å²) in [6.07, 6.45) is 3.27. The van der Waals surface area contributed by atoms with E-state index in [1.54, 1.807) is 48.4 Å². The molecule has 0 radical (unpaired) electrons. The fraction of sp³-hybridized carbons (Fsp3) is 0.350. The van der Waals surface area contributed by atoms with Gasteiger partial charge in [-0.05, 0) is 49.2 Å². The van der Waals surface area contributed by atoms with E-state index in [9.17, 15) is 9.59 Å². The van der Waals surface area contributed by atoms with E-state index in [1.807, 2.05) is 13.8 Å². The molecule has 1 heterocycles. The Balaban J connectivity index is 2.13. The van der Waals surface area contributed by atoms with Gasteiger partial charge in [-0.25, -0.2) is 0 Å². The van der Waals surface area contributed by atoms with Crippen molar-refractivity contribution in [2.75, 3.05) is 25.5 Å². The Morgan fingerprint density at radius 1 is 1.08 bits per heavy atom. The van der Waals surface area contributed by atoms with E-state index in [1.165, 1.54) is 6.20 Å². The molecule has 1 aromatic heterocycles. The van der Waals surface area contributed by atoms with Crippen molar-refractivity contribution in [3.63, 3.8) is 0 Å². The van der Waals surface area contributed by atoms with Crippen molar-refractivity contribution >= 4 is 17.5 Å². The number of methoxy groups -OCH3 is 1. The van der Waals surface area contributed by atoms with E-state index >= 15 is 0 Å². The lowest BCUT2D eigenvalue weighted by Gasteiger charge is -2.21. The summed E-state index contributed by atoms with van der Waals surface area (Å²) in [5.74, 6) is 0.276. The van der Waals surface area contributed by atoms with E-state index in [0.717, 1.165) is 12.8 Å². The number of rotatable bonds is 8. The molecule has 1 N–H and O–H groups in total. The minimum absolute atomic E-state index is 0.0744. The molecular formula is C20H25N3O3. The van der Waals surface area contributed by atoms with Crippen LogP contribution in [0.2, 0.25) is 0 Å². The second-order valence-corrected chi connectivity index (χ2v) is 5.90. The number of nitrogens with zero attached hydrogens (tertiary/aromatic N) is 2. The zero-order valence-corrected chi connectivity index (χ0v) is 15.5. The third kappa shape index (κ3) is 5.05. The summed E-state index contributed by atoms with van der Waals surface area (Å²) in [7, 11) is 1.58. The fourth-order valence-electron chi connectivity index (χ4n) is 2.59. The van der Waals surface area contributed by atoms with Crippen molar-refractivity contribution in [2.24, 2.45) is 0 Å². The van der Waals surface area contributed by atoms with Gasteiger partial charge in [0.25, 0.3) is 11.8 Å². The normalized spacial score (nSPS) is 10.3. The van der Waals surface area contributed by atoms with Crippen LogP contribution in [0.15, 0.2) is 42.6 Å². The van der Waals surface area contributed by atoms with E-state index in [4.69, 9.17) is 4.74 Å². The summed E-state index contributed by atoms with van der Waals surface area (Å²) in [6.45, 7) is 5.47. The lowest BCUT2D eigenvalue weighted by molar-refractivity contribution is 0.0755. The maximum atomic E-state index is 12.7. The molecule has 6 nitrogen and oxygen atoms in total. The van der Waals surface area contributed by atoms with Gasteiger partial charge in [0.05, 0.1) is 7.11 Å². The van der Waals surface area contributed by atoms with Gasteiger partial charge in [0, 0.05) is 30.5 Å². The zero-order valence-electron chi connectivity index (χ0n) is 15.5. The molecule has 0 aliphatic rings. The third-order valence-electron chi connectivity index (χ3n) is 3.86. The Bertz CT molecular complexity index is 738. The number of pyridine rings is 1. The van der Waals surface area contributed by atoms with Crippen molar-refractivity contribution in [2.45, 2.75) is 26.7 Å². The number of hydrogen-bond acceptors (Lipinski definition) is 4. The Morgan fingerprint density at radius 2 is 1.73 bits per heavy atom. The number of aromatic nitrogens is 1. The van der Waals surface area contributed by atoms with Crippen molar-refractivity contribution in [3.05, 3.63) is 53.9 Å². The maximum absolute atomic E-state index is 12.7. The number of nitrogens with one attached hydrogen (secondary N) is 1. The number of carbonyl (C=O) groups excluding carboxylic acids is 2. The number of anilines is 1. The van der Waals surface area contributed by atoms with E-state index < -0.39 is 0 Å². The molecule has 0 aliphatic carbocycles. The molecule has 2 rings (SSSR count). The van der Waals surface area contributed by atoms with Crippen molar-refractivity contribution in [1.29, 1.82) is 0 Å². The van der Waals surface area contributed by atoms with Gasteiger partial charge in [0.15, 0.2) is 0 Å². The molecule has 0 saturated heterocycles. The van der Waals surface area contributed by atoms with Crippen LogP contribution in [0.3, 0.4) is 0 Å². The zero-order chi connectivity index (χ0) is 18.9. The molecule has 26 heavy (non-hydrogen) atoms. The quantitative estimate of drug-likeness (QED) is 0.785. The molecule has 0 aliphatic heterocycles. The highest BCUT2D eigenvalue weighted by atomic mass is 16.5. The van der Waals surface area contributed by atoms with E-state index in [2.05, 4.69) is 10.3 Å². The number of ether oxygens (including phenoxy) is 1. The predicted octanol–water partition coefficient (Wildman–Crippen LogP) is 3.60. The van der Waals surface area contributed by atoms with Crippen LogP contribution in [-0.4, -0.2) is 41.9 Å². The van der Waals surface area contributed by atoms with Crippen LogP contribution in [0.5, 0.6) is 5.75 Å². The summed E-state index contributed by atoms with van der Waals surface area (Å²) in [4.78, 5) is 31.0. The van der Waals surface area contributed by atoms with Crippen LogP contribution in [0.4, 0.5) is 5.69 Å². The Morgan fingerprint density at radius 3 is 2.31 bits per heavy atom. The number of benzene rings is 1. The van der Waals surface area contributed by atoms with Gasteiger partial charge in [-0.2, -0.15) is 0 Å². The lowest BCUT2D eigenvalue weighted by Crippen LogP contribution is -2.32. The summed E-state index contributed by atoms with van der Waals surface area (Å²) in [6, 6.07) is 10.2. The highest BCUT2D eigenvalue weighted by Crippen LogP contribution is 2.16. The van der Waals surface area contributed by atoms with Crippen molar-refractivity contribution in [3.8, 4) is 5.75 Å². The van der Waals surface area contributed by atoms with Gasteiger partial charge in [0.1, 0.15) is 11.4 Å². The molecule has 0 bridgehead atoms. The summed E-state index contributed by atoms with van der Waals surface area (Å²) < 4.78 is 5.10. The minimum Gasteiger partial charge on any atom is -0.497 e. The SMILES string of the molecule is CCCN(CCC)C(=O)c1ccnc(C(=O)Nc2ccc(OC)cc2)c1. The van der Waals surface area contributed by atoms with Crippen LogP contribution in [0.1, 0.15) is 47.5 Å². The molecule has 2 amide bonds. The average molecular weight is 355 g/mol. The van der Waals surface area contributed by atoms with Gasteiger partial charge < -0.3 is 15.0 Å². The number of carbonyl (C=O) groups is 2. The smallest absolute Gasteiger partial charge is 0.274 e. The van der Waals surface area contributed by atoms with Gasteiger partial charge in [0.2, 0.25) is 0 Å². The highest BCUT2D eigenvalue weighted by molar-refractivity contribution is 6.04. The summed E-state index contributed by atoms with van der Waals surface area (Å²) in [5.41, 5.74) is 1.31. The second-order valence-electron chi connectivity index (χ2n) is 5.90. The maximum Gasteiger partial charge on any atom is 0.274 e. The molecule has 2 aromatic rings. The minimum atomic E-state index is -0.359. The molecule has 0 spiro atoms. The highest BCUT2D eigenvalue weighted by Gasteiger charge is 2.17. The van der Waals surface area contributed by atoms with Crippen LogP contribution < -0.4 is 10.1 Å². The van der Waals surface area contributed by atoms with Crippen LogP contribution in [0.25, 0.3) is 0 Å². The molecule has 1 aromatic carbocycles. The first-order valence-electron chi connectivity index (χ1n) is 8.79. The first-order chi connectivity index (χ1) is 12.6.